The van der Waals surface area contributed by atoms with E-state index in [-0.39, 0.29) is 30.5 Å². The van der Waals surface area contributed by atoms with E-state index in [1.54, 1.807) is 19.1 Å². The summed E-state index contributed by atoms with van der Waals surface area (Å²) in [4.78, 5) is 4.01. The van der Waals surface area contributed by atoms with Gasteiger partial charge in [0, 0.05) is 13.6 Å². The molecule has 0 saturated heterocycles. The lowest BCUT2D eigenvalue weighted by Gasteiger charge is -2.19. The molecule has 2 rings (SSSR count). The molecule has 0 aromatic heterocycles. The zero-order valence-electron chi connectivity index (χ0n) is 14.6. The number of halogens is 5. The summed E-state index contributed by atoms with van der Waals surface area (Å²) < 4.78 is 51.8. The van der Waals surface area contributed by atoms with Crippen molar-refractivity contribution in [3.8, 4) is 5.75 Å². The first kappa shape index (κ1) is 23.0. The van der Waals surface area contributed by atoms with Gasteiger partial charge in [-0.3, -0.25) is 4.99 Å². The van der Waals surface area contributed by atoms with Crippen molar-refractivity contribution in [2.45, 2.75) is 25.7 Å². The van der Waals surface area contributed by atoms with Gasteiger partial charge in [-0.1, -0.05) is 18.2 Å². The standard InChI is InChI=1S/C18H19F4N3O.HI/c1-11(13-4-3-5-14(9-13)18(20,21)22)25-17(23-2)24-10-12-6-7-16(26)15(19)8-12;/h3-9,11,26H,10H2,1-2H3,(H2,23,24,25);1H. The molecule has 0 heterocycles. The zero-order chi connectivity index (χ0) is 19.3. The average Bonchev–Trinajstić information content (AvgIpc) is 2.60. The van der Waals surface area contributed by atoms with E-state index >= 15 is 0 Å². The van der Waals surface area contributed by atoms with Gasteiger partial charge in [0.2, 0.25) is 0 Å². The molecule has 9 heteroatoms. The van der Waals surface area contributed by atoms with Gasteiger partial charge < -0.3 is 15.7 Å². The first-order valence-electron chi connectivity index (χ1n) is 7.82. The maximum absolute atomic E-state index is 13.3. The van der Waals surface area contributed by atoms with Crippen LogP contribution in [0, 0.1) is 5.82 Å². The molecule has 0 aliphatic rings. The maximum atomic E-state index is 13.3. The molecule has 2 aromatic carbocycles. The molecule has 1 unspecified atom stereocenters. The maximum Gasteiger partial charge on any atom is 0.416 e. The van der Waals surface area contributed by atoms with Crippen LogP contribution in [0.4, 0.5) is 17.6 Å². The highest BCUT2D eigenvalue weighted by Gasteiger charge is 2.30. The van der Waals surface area contributed by atoms with Crippen LogP contribution >= 0.6 is 24.0 Å². The molecular weight excluding hydrogens is 477 g/mol. The summed E-state index contributed by atoms with van der Waals surface area (Å²) in [5.41, 5.74) is 0.319. The molecule has 0 saturated carbocycles. The number of phenolic OH excluding ortho intramolecular Hbond substituents is 1. The van der Waals surface area contributed by atoms with Gasteiger partial charge in [0.25, 0.3) is 0 Å². The third-order valence-corrected chi connectivity index (χ3v) is 3.76. The van der Waals surface area contributed by atoms with Gasteiger partial charge in [0.05, 0.1) is 11.6 Å². The molecule has 0 fully saturated rings. The van der Waals surface area contributed by atoms with E-state index in [9.17, 15) is 22.7 Å². The quantitative estimate of drug-likeness (QED) is 0.251. The summed E-state index contributed by atoms with van der Waals surface area (Å²) in [6, 6.07) is 8.60. The normalized spacial score (nSPS) is 12.9. The number of benzene rings is 2. The number of aliphatic imine (C=N–C) groups is 1. The Bertz CT molecular complexity index is 796. The average molecular weight is 497 g/mol. The summed E-state index contributed by atoms with van der Waals surface area (Å²) in [5.74, 6) is -0.817. The van der Waals surface area contributed by atoms with Crippen LogP contribution in [0.3, 0.4) is 0 Å². The van der Waals surface area contributed by atoms with Crippen LogP contribution in [0.15, 0.2) is 47.5 Å². The number of hydrogen-bond acceptors (Lipinski definition) is 2. The zero-order valence-corrected chi connectivity index (χ0v) is 17.0. The molecule has 4 nitrogen and oxygen atoms in total. The van der Waals surface area contributed by atoms with Crippen LogP contribution < -0.4 is 10.6 Å². The van der Waals surface area contributed by atoms with Gasteiger partial charge in [0.1, 0.15) is 0 Å². The minimum Gasteiger partial charge on any atom is -0.505 e. The van der Waals surface area contributed by atoms with Gasteiger partial charge in [-0.2, -0.15) is 13.2 Å². The van der Waals surface area contributed by atoms with Crippen LogP contribution in [0.2, 0.25) is 0 Å². The van der Waals surface area contributed by atoms with Crippen LogP contribution in [0.5, 0.6) is 5.75 Å². The van der Waals surface area contributed by atoms with Crippen molar-refractivity contribution in [3.63, 3.8) is 0 Å². The number of phenols is 1. The fraction of sp³-hybridized carbons (Fsp3) is 0.278. The van der Waals surface area contributed by atoms with Crippen LogP contribution in [0.25, 0.3) is 0 Å². The lowest BCUT2D eigenvalue weighted by Crippen LogP contribution is -2.38. The number of aromatic hydroxyl groups is 1. The number of hydrogen-bond donors (Lipinski definition) is 3. The Morgan fingerprint density at radius 3 is 2.48 bits per heavy atom. The molecule has 0 aliphatic heterocycles. The summed E-state index contributed by atoms with van der Waals surface area (Å²) in [5, 5.41) is 15.1. The summed E-state index contributed by atoms with van der Waals surface area (Å²) in [6.45, 7) is 1.94. The largest absolute Gasteiger partial charge is 0.505 e. The number of guanidine groups is 1. The molecule has 3 N–H and O–H groups in total. The summed E-state index contributed by atoms with van der Waals surface area (Å²) >= 11 is 0. The predicted octanol–water partition coefficient (Wildman–Crippen LogP) is 4.59. The topological polar surface area (TPSA) is 56.7 Å². The Morgan fingerprint density at radius 1 is 1.19 bits per heavy atom. The fourth-order valence-corrected chi connectivity index (χ4v) is 2.31. The SMILES string of the molecule is CN=C(NCc1ccc(O)c(F)c1)NC(C)c1cccc(C(F)(F)F)c1.I. The number of nitrogens with one attached hydrogen (secondary N) is 2. The number of rotatable bonds is 4. The minimum absolute atomic E-state index is 0. The van der Waals surface area contributed by atoms with Crippen molar-refractivity contribution >= 4 is 29.9 Å². The van der Waals surface area contributed by atoms with E-state index in [2.05, 4.69) is 15.6 Å². The number of alkyl halides is 3. The van der Waals surface area contributed by atoms with Gasteiger partial charge in [0.15, 0.2) is 17.5 Å². The highest BCUT2D eigenvalue weighted by atomic mass is 127. The van der Waals surface area contributed by atoms with E-state index < -0.39 is 29.3 Å². The van der Waals surface area contributed by atoms with E-state index in [1.165, 1.54) is 25.2 Å². The van der Waals surface area contributed by atoms with Crippen LogP contribution in [-0.2, 0) is 12.7 Å². The van der Waals surface area contributed by atoms with Gasteiger partial charge in [-0.25, -0.2) is 4.39 Å². The molecule has 27 heavy (non-hydrogen) atoms. The lowest BCUT2D eigenvalue weighted by molar-refractivity contribution is -0.137. The Morgan fingerprint density at radius 2 is 1.89 bits per heavy atom. The third-order valence-electron chi connectivity index (χ3n) is 3.76. The van der Waals surface area contributed by atoms with E-state index in [0.29, 0.717) is 17.1 Å². The van der Waals surface area contributed by atoms with E-state index in [0.717, 1.165) is 12.1 Å². The Hall–Kier alpha value is -2.04. The molecule has 0 bridgehead atoms. The van der Waals surface area contributed by atoms with Crippen LogP contribution in [-0.4, -0.2) is 18.1 Å². The third kappa shape index (κ3) is 6.56. The first-order chi connectivity index (χ1) is 12.2. The molecular formula is C18H20F4IN3O. The van der Waals surface area contributed by atoms with Gasteiger partial charge in [-0.05, 0) is 42.3 Å². The Kier molecular flexibility index (Phi) is 8.32. The van der Waals surface area contributed by atoms with Crippen molar-refractivity contribution < 1.29 is 22.7 Å². The molecule has 1 atom stereocenters. The second-order valence-corrected chi connectivity index (χ2v) is 5.70. The summed E-state index contributed by atoms with van der Waals surface area (Å²) in [6.07, 6.45) is -4.40. The molecule has 0 aliphatic carbocycles. The van der Waals surface area contributed by atoms with E-state index in [1.807, 2.05) is 0 Å². The predicted molar refractivity (Wildman–Crippen MR) is 107 cm³/mol. The molecule has 0 spiro atoms. The monoisotopic (exact) mass is 497 g/mol. The molecule has 0 radical (unpaired) electrons. The van der Waals surface area contributed by atoms with Crippen molar-refractivity contribution in [2.75, 3.05) is 7.05 Å². The van der Waals surface area contributed by atoms with Crippen molar-refractivity contribution in [2.24, 2.45) is 4.99 Å². The molecule has 2 aromatic rings. The first-order valence-corrected chi connectivity index (χ1v) is 7.82. The highest BCUT2D eigenvalue weighted by Crippen LogP contribution is 2.30. The second-order valence-electron chi connectivity index (χ2n) is 5.70. The van der Waals surface area contributed by atoms with Crippen molar-refractivity contribution in [1.82, 2.24) is 10.6 Å². The van der Waals surface area contributed by atoms with Crippen molar-refractivity contribution in [1.29, 1.82) is 0 Å². The fourth-order valence-electron chi connectivity index (χ4n) is 2.31. The highest BCUT2D eigenvalue weighted by molar-refractivity contribution is 14.0. The molecule has 0 amide bonds. The van der Waals surface area contributed by atoms with Gasteiger partial charge >= 0.3 is 6.18 Å². The smallest absolute Gasteiger partial charge is 0.416 e. The minimum atomic E-state index is -4.40. The van der Waals surface area contributed by atoms with Crippen LogP contribution in [0.1, 0.15) is 29.7 Å². The van der Waals surface area contributed by atoms with E-state index in [4.69, 9.17) is 0 Å². The lowest BCUT2D eigenvalue weighted by atomic mass is 10.1. The Labute approximate surface area is 171 Å². The Balaban J connectivity index is 0.00000364. The summed E-state index contributed by atoms with van der Waals surface area (Å²) in [7, 11) is 1.52. The molecule has 148 valence electrons. The van der Waals surface area contributed by atoms with Crippen molar-refractivity contribution in [3.05, 3.63) is 65.0 Å². The second kappa shape index (κ2) is 9.77. The number of nitrogens with zero attached hydrogens (tertiary/aromatic N) is 1. The van der Waals surface area contributed by atoms with Gasteiger partial charge in [-0.15, -0.1) is 24.0 Å².